The van der Waals surface area contributed by atoms with Gasteiger partial charge in [0.25, 0.3) is 0 Å². The SMILES string of the molecule is COc1ccc(CC(O)CC2CCC2)cc1F. The largest absolute Gasteiger partial charge is 0.494 e. The number of ether oxygens (including phenoxy) is 1. The minimum atomic E-state index is -0.360. The van der Waals surface area contributed by atoms with Gasteiger partial charge < -0.3 is 9.84 Å². The molecule has 94 valence electrons. The third-order valence-electron chi connectivity index (χ3n) is 3.52. The average Bonchev–Trinajstić information content (AvgIpc) is 2.24. The minimum Gasteiger partial charge on any atom is -0.494 e. The first kappa shape index (κ1) is 12.4. The first-order valence-corrected chi connectivity index (χ1v) is 6.19. The molecule has 0 bridgehead atoms. The molecule has 0 saturated heterocycles. The van der Waals surface area contributed by atoms with Crippen LogP contribution in [0, 0.1) is 11.7 Å². The summed E-state index contributed by atoms with van der Waals surface area (Å²) in [7, 11) is 1.45. The van der Waals surface area contributed by atoms with Gasteiger partial charge in [0.1, 0.15) is 0 Å². The highest BCUT2D eigenvalue weighted by atomic mass is 19.1. The van der Waals surface area contributed by atoms with E-state index in [1.165, 1.54) is 32.4 Å². The van der Waals surface area contributed by atoms with Gasteiger partial charge >= 0.3 is 0 Å². The van der Waals surface area contributed by atoms with Crippen LogP contribution < -0.4 is 4.74 Å². The third-order valence-corrected chi connectivity index (χ3v) is 3.52. The maximum atomic E-state index is 13.4. The molecule has 0 aliphatic heterocycles. The lowest BCUT2D eigenvalue weighted by Gasteiger charge is -2.27. The van der Waals surface area contributed by atoms with Crippen LogP contribution in [0.5, 0.6) is 5.75 Å². The summed E-state index contributed by atoms with van der Waals surface area (Å²) in [6.07, 6.45) is 4.76. The van der Waals surface area contributed by atoms with E-state index in [9.17, 15) is 9.50 Å². The van der Waals surface area contributed by atoms with E-state index in [1.807, 2.05) is 6.07 Å². The second kappa shape index (κ2) is 5.50. The topological polar surface area (TPSA) is 29.5 Å². The van der Waals surface area contributed by atoms with E-state index < -0.39 is 0 Å². The Hall–Kier alpha value is -1.09. The van der Waals surface area contributed by atoms with E-state index in [-0.39, 0.29) is 17.7 Å². The first-order valence-electron chi connectivity index (χ1n) is 6.19. The van der Waals surface area contributed by atoms with Gasteiger partial charge in [-0.05, 0) is 36.5 Å². The molecule has 17 heavy (non-hydrogen) atoms. The maximum absolute atomic E-state index is 13.4. The van der Waals surface area contributed by atoms with Crippen molar-refractivity contribution in [3.8, 4) is 5.75 Å². The molecule has 1 fully saturated rings. The zero-order valence-corrected chi connectivity index (χ0v) is 10.2. The Labute approximate surface area is 101 Å². The number of aliphatic hydroxyl groups excluding tert-OH is 1. The normalized spacial score (nSPS) is 17.6. The number of hydrogen-bond acceptors (Lipinski definition) is 2. The second-order valence-corrected chi connectivity index (χ2v) is 4.86. The fourth-order valence-electron chi connectivity index (χ4n) is 2.31. The molecule has 0 spiro atoms. The fraction of sp³-hybridized carbons (Fsp3) is 0.571. The number of halogens is 1. The highest BCUT2D eigenvalue weighted by Gasteiger charge is 2.21. The van der Waals surface area contributed by atoms with E-state index in [0.717, 1.165) is 12.0 Å². The van der Waals surface area contributed by atoms with Crippen LogP contribution in [0.1, 0.15) is 31.2 Å². The number of hydrogen-bond donors (Lipinski definition) is 1. The highest BCUT2D eigenvalue weighted by molar-refractivity contribution is 5.29. The number of benzene rings is 1. The van der Waals surface area contributed by atoms with Crippen LogP contribution in [0.3, 0.4) is 0 Å². The van der Waals surface area contributed by atoms with Crippen molar-refractivity contribution in [2.75, 3.05) is 7.11 Å². The zero-order valence-electron chi connectivity index (χ0n) is 10.2. The molecule has 0 radical (unpaired) electrons. The Morgan fingerprint density at radius 2 is 2.24 bits per heavy atom. The van der Waals surface area contributed by atoms with Crippen molar-refractivity contribution >= 4 is 0 Å². The Balaban J connectivity index is 1.90. The van der Waals surface area contributed by atoms with Crippen LogP contribution in [0.2, 0.25) is 0 Å². The summed E-state index contributed by atoms with van der Waals surface area (Å²) in [5.74, 6) is 0.566. The molecule has 3 heteroatoms. The predicted molar refractivity (Wildman–Crippen MR) is 64.6 cm³/mol. The van der Waals surface area contributed by atoms with E-state index in [0.29, 0.717) is 12.3 Å². The van der Waals surface area contributed by atoms with Crippen molar-refractivity contribution in [3.05, 3.63) is 29.6 Å². The molecule has 2 rings (SSSR count). The smallest absolute Gasteiger partial charge is 0.165 e. The summed E-state index contributed by atoms with van der Waals surface area (Å²) in [6.45, 7) is 0. The maximum Gasteiger partial charge on any atom is 0.165 e. The predicted octanol–water partition coefficient (Wildman–Crippen LogP) is 2.93. The van der Waals surface area contributed by atoms with Crippen molar-refractivity contribution in [2.45, 2.75) is 38.2 Å². The summed E-state index contributed by atoms with van der Waals surface area (Å²) in [6, 6.07) is 4.87. The van der Waals surface area contributed by atoms with Gasteiger partial charge in [0, 0.05) is 0 Å². The molecule has 1 unspecified atom stereocenters. The standard InChI is InChI=1S/C14H19FO2/c1-17-14-6-5-11(9-13(14)15)8-12(16)7-10-3-2-4-10/h5-6,9-10,12,16H,2-4,7-8H2,1H3. The number of aliphatic hydroxyl groups is 1. The summed E-state index contributed by atoms with van der Waals surface area (Å²) in [5, 5.41) is 9.90. The molecule has 1 aliphatic rings. The lowest BCUT2D eigenvalue weighted by atomic mass is 9.80. The molecule has 1 saturated carbocycles. The summed E-state index contributed by atoms with van der Waals surface area (Å²) in [5.41, 5.74) is 0.829. The van der Waals surface area contributed by atoms with Crippen LogP contribution in [0.25, 0.3) is 0 Å². The van der Waals surface area contributed by atoms with Crippen molar-refractivity contribution in [1.82, 2.24) is 0 Å². The fourth-order valence-corrected chi connectivity index (χ4v) is 2.31. The van der Waals surface area contributed by atoms with Crippen LogP contribution in [0.4, 0.5) is 4.39 Å². The molecule has 1 N–H and O–H groups in total. The zero-order chi connectivity index (χ0) is 12.3. The molecule has 2 nitrogen and oxygen atoms in total. The van der Waals surface area contributed by atoms with Crippen LogP contribution in [-0.2, 0) is 6.42 Å². The quantitative estimate of drug-likeness (QED) is 0.854. The molecule has 1 aromatic rings. The third kappa shape index (κ3) is 3.19. The average molecular weight is 238 g/mol. The summed E-state index contributed by atoms with van der Waals surface area (Å²) < 4.78 is 18.3. The van der Waals surface area contributed by atoms with Crippen LogP contribution in [-0.4, -0.2) is 18.3 Å². The van der Waals surface area contributed by atoms with Gasteiger partial charge in [-0.1, -0.05) is 25.3 Å². The van der Waals surface area contributed by atoms with Gasteiger partial charge in [0.15, 0.2) is 11.6 Å². The van der Waals surface area contributed by atoms with E-state index in [1.54, 1.807) is 6.07 Å². The van der Waals surface area contributed by atoms with Gasteiger partial charge in [-0.3, -0.25) is 0 Å². The minimum absolute atomic E-state index is 0.252. The molecular weight excluding hydrogens is 219 g/mol. The lowest BCUT2D eigenvalue weighted by molar-refractivity contribution is 0.117. The summed E-state index contributed by atoms with van der Waals surface area (Å²) >= 11 is 0. The molecule has 1 aliphatic carbocycles. The Morgan fingerprint density at radius 3 is 2.76 bits per heavy atom. The Bertz CT molecular complexity index is 374. The number of methoxy groups -OCH3 is 1. The first-order chi connectivity index (χ1) is 8.19. The van der Waals surface area contributed by atoms with E-state index >= 15 is 0 Å². The molecule has 0 heterocycles. The second-order valence-electron chi connectivity index (χ2n) is 4.86. The van der Waals surface area contributed by atoms with Crippen molar-refractivity contribution in [1.29, 1.82) is 0 Å². The molecule has 1 aromatic carbocycles. The van der Waals surface area contributed by atoms with Gasteiger partial charge in [0.2, 0.25) is 0 Å². The van der Waals surface area contributed by atoms with Gasteiger partial charge in [0.05, 0.1) is 13.2 Å². The Morgan fingerprint density at radius 1 is 1.47 bits per heavy atom. The van der Waals surface area contributed by atoms with Gasteiger partial charge in [-0.2, -0.15) is 0 Å². The van der Waals surface area contributed by atoms with E-state index in [2.05, 4.69) is 0 Å². The molecule has 0 amide bonds. The van der Waals surface area contributed by atoms with Crippen LogP contribution >= 0.6 is 0 Å². The van der Waals surface area contributed by atoms with Crippen LogP contribution in [0.15, 0.2) is 18.2 Å². The van der Waals surface area contributed by atoms with Crippen molar-refractivity contribution < 1.29 is 14.2 Å². The number of rotatable bonds is 5. The molecule has 0 aromatic heterocycles. The molecule has 1 atom stereocenters. The van der Waals surface area contributed by atoms with E-state index in [4.69, 9.17) is 4.74 Å². The van der Waals surface area contributed by atoms with Gasteiger partial charge in [-0.15, -0.1) is 0 Å². The van der Waals surface area contributed by atoms with Crippen molar-refractivity contribution in [2.24, 2.45) is 5.92 Å². The highest BCUT2D eigenvalue weighted by Crippen LogP contribution is 2.31. The van der Waals surface area contributed by atoms with Gasteiger partial charge in [-0.25, -0.2) is 4.39 Å². The lowest BCUT2D eigenvalue weighted by Crippen LogP contribution is -2.20. The monoisotopic (exact) mass is 238 g/mol. The molecular formula is C14H19FO2. The van der Waals surface area contributed by atoms with Crippen molar-refractivity contribution in [3.63, 3.8) is 0 Å². The Kier molecular flexibility index (Phi) is 4.00. The summed E-state index contributed by atoms with van der Waals surface area (Å²) in [4.78, 5) is 0.